The monoisotopic (exact) mass is 560 g/mol. The first-order valence-corrected chi connectivity index (χ1v) is 9.93. The fraction of sp³-hybridized carbons (Fsp3) is 0.200. The number of rotatable bonds is 5. The zero-order valence-corrected chi connectivity index (χ0v) is 18.4. The van der Waals surface area contributed by atoms with E-state index >= 15 is 0 Å². The van der Waals surface area contributed by atoms with Crippen LogP contribution in [0.4, 0.5) is 56.8 Å². The smallest absolute Gasteiger partial charge is 0.320 e. The average Bonchev–Trinajstić information content (AvgIpc) is 2.76. The summed E-state index contributed by atoms with van der Waals surface area (Å²) in [5.74, 6) is -1.02. The molecular weight excluding hydrogens is 551 g/mol. The molecular formula is C20H10ClF9N4O3. The van der Waals surface area contributed by atoms with Gasteiger partial charge in [0.05, 0.1) is 22.6 Å². The van der Waals surface area contributed by atoms with Crippen LogP contribution < -0.4 is 10.9 Å². The van der Waals surface area contributed by atoms with E-state index in [1.807, 2.05) is 5.32 Å². The van der Waals surface area contributed by atoms with E-state index in [0.717, 1.165) is 12.1 Å². The molecule has 3 aromatic rings. The van der Waals surface area contributed by atoms with E-state index in [9.17, 15) is 54.4 Å². The number of hydrogen-bond donors (Lipinski definition) is 1. The minimum Gasteiger partial charge on any atom is -0.320 e. The minimum absolute atomic E-state index is 0.0438. The lowest BCUT2D eigenvalue weighted by Gasteiger charge is -2.18. The van der Waals surface area contributed by atoms with Crippen molar-refractivity contribution in [3.05, 3.63) is 90.3 Å². The van der Waals surface area contributed by atoms with Crippen LogP contribution in [-0.4, -0.2) is 14.5 Å². The molecule has 0 aliphatic rings. The highest BCUT2D eigenvalue weighted by atomic mass is 35.5. The lowest BCUT2D eigenvalue weighted by molar-refractivity contribution is -0.384. The third-order valence-electron chi connectivity index (χ3n) is 4.77. The molecule has 1 heterocycles. The number of halogens is 10. The van der Waals surface area contributed by atoms with Crippen LogP contribution in [0.3, 0.4) is 0 Å². The first-order valence-electron chi connectivity index (χ1n) is 9.56. The maximum atomic E-state index is 13.4. The van der Waals surface area contributed by atoms with Crippen molar-refractivity contribution in [2.75, 3.05) is 5.32 Å². The molecule has 37 heavy (non-hydrogen) atoms. The van der Waals surface area contributed by atoms with E-state index in [1.54, 1.807) is 0 Å². The Morgan fingerprint density at radius 3 is 1.92 bits per heavy atom. The summed E-state index contributed by atoms with van der Waals surface area (Å²) < 4.78 is 118. The number of hydrogen-bond acceptors (Lipinski definition) is 5. The predicted octanol–water partition coefficient (Wildman–Crippen LogP) is 6.65. The fourth-order valence-electron chi connectivity index (χ4n) is 3.03. The van der Waals surface area contributed by atoms with E-state index in [-0.39, 0.29) is 11.6 Å². The van der Waals surface area contributed by atoms with Gasteiger partial charge in [0.2, 0.25) is 5.95 Å². The Kier molecular flexibility index (Phi) is 7.18. The maximum Gasteiger partial charge on any atom is 0.435 e. The third-order valence-corrected chi connectivity index (χ3v) is 5.11. The molecule has 0 spiro atoms. The largest absolute Gasteiger partial charge is 0.435 e. The molecule has 1 aromatic heterocycles. The topological polar surface area (TPSA) is 90.1 Å². The number of anilines is 2. The van der Waals surface area contributed by atoms with Crippen molar-refractivity contribution >= 4 is 28.9 Å². The highest BCUT2D eigenvalue weighted by molar-refractivity contribution is 6.31. The van der Waals surface area contributed by atoms with Gasteiger partial charge in [0, 0.05) is 6.07 Å². The Labute approximate surface area is 204 Å². The van der Waals surface area contributed by atoms with Crippen molar-refractivity contribution in [3.8, 4) is 0 Å². The van der Waals surface area contributed by atoms with E-state index in [2.05, 4.69) is 4.98 Å². The van der Waals surface area contributed by atoms with Crippen molar-refractivity contribution in [3.63, 3.8) is 0 Å². The summed E-state index contributed by atoms with van der Waals surface area (Å²) in [5, 5.41) is 12.0. The molecule has 0 saturated heterocycles. The van der Waals surface area contributed by atoms with Gasteiger partial charge in [-0.1, -0.05) is 23.7 Å². The summed E-state index contributed by atoms with van der Waals surface area (Å²) in [7, 11) is 0. The second-order valence-corrected chi connectivity index (χ2v) is 7.67. The molecule has 0 aliphatic heterocycles. The molecule has 0 amide bonds. The molecule has 2 aromatic carbocycles. The molecule has 0 saturated carbocycles. The summed E-state index contributed by atoms with van der Waals surface area (Å²) in [6, 6.07) is 4.13. The van der Waals surface area contributed by atoms with Crippen LogP contribution in [0.1, 0.15) is 22.4 Å². The zero-order valence-electron chi connectivity index (χ0n) is 17.6. The number of alkyl halides is 9. The molecule has 0 bridgehead atoms. The van der Waals surface area contributed by atoms with Crippen molar-refractivity contribution < 1.29 is 44.4 Å². The molecule has 0 unspecified atom stereocenters. The molecule has 1 N–H and O–H groups in total. The summed E-state index contributed by atoms with van der Waals surface area (Å²) in [4.78, 5) is 26.0. The Balaban J connectivity index is 2.17. The van der Waals surface area contributed by atoms with E-state index < -0.39 is 74.7 Å². The van der Waals surface area contributed by atoms with Crippen LogP contribution in [0, 0.1) is 10.1 Å². The summed E-state index contributed by atoms with van der Waals surface area (Å²) >= 11 is 5.54. The van der Waals surface area contributed by atoms with Gasteiger partial charge in [-0.05, 0) is 29.8 Å². The van der Waals surface area contributed by atoms with Crippen molar-refractivity contribution in [2.45, 2.75) is 25.1 Å². The van der Waals surface area contributed by atoms with Crippen LogP contribution in [0.25, 0.3) is 0 Å². The lowest BCUT2D eigenvalue weighted by Crippen LogP contribution is -2.29. The van der Waals surface area contributed by atoms with Gasteiger partial charge in [0.15, 0.2) is 5.69 Å². The van der Waals surface area contributed by atoms with Crippen LogP contribution in [0.2, 0.25) is 5.02 Å². The van der Waals surface area contributed by atoms with E-state index in [4.69, 9.17) is 11.6 Å². The first-order chi connectivity index (χ1) is 16.9. The van der Waals surface area contributed by atoms with Crippen LogP contribution in [0.15, 0.2) is 47.3 Å². The highest BCUT2D eigenvalue weighted by Gasteiger charge is 2.39. The van der Waals surface area contributed by atoms with Gasteiger partial charge in [-0.25, -0.2) is 4.98 Å². The fourth-order valence-corrected chi connectivity index (χ4v) is 3.28. The van der Waals surface area contributed by atoms with Gasteiger partial charge in [-0.15, -0.1) is 0 Å². The molecule has 0 atom stereocenters. The second kappa shape index (κ2) is 9.57. The van der Waals surface area contributed by atoms with Crippen molar-refractivity contribution in [2.24, 2.45) is 0 Å². The number of nitro benzene ring substituents is 1. The standard InChI is InChI=1S/C20H10ClF9N4O3/c21-14-15(20(28,29)30)32-17(31-12-6-5-11(19(25,26)27)7-13(12)34(36)37)33(16(14)35)8-9-1-3-10(4-2-9)18(22,23)24/h1-7H,8H2,(H,31,32). The van der Waals surface area contributed by atoms with Gasteiger partial charge in [-0.3, -0.25) is 19.5 Å². The third kappa shape index (κ3) is 6.12. The quantitative estimate of drug-likeness (QED) is 0.214. The number of nitrogens with zero attached hydrogens (tertiary/aromatic N) is 3. The summed E-state index contributed by atoms with van der Waals surface area (Å²) in [6.07, 6.45) is -15.0. The SMILES string of the molecule is O=c1c(Cl)c(C(F)(F)F)nc(Nc2ccc(C(F)(F)F)cc2[N+](=O)[O-])n1Cc1ccc(C(F)(F)F)cc1. The molecule has 7 nitrogen and oxygen atoms in total. The molecule has 0 radical (unpaired) electrons. The number of benzene rings is 2. The first kappa shape index (κ1) is 27.8. The Morgan fingerprint density at radius 2 is 1.43 bits per heavy atom. The minimum atomic E-state index is -5.29. The Morgan fingerprint density at radius 1 is 0.892 bits per heavy atom. The molecule has 0 fully saturated rings. The average molecular weight is 561 g/mol. The van der Waals surface area contributed by atoms with E-state index in [1.165, 1.54) is 0 Å². The number of aromatic nitrogens is 2. The van der Waals surface area contributed by atoms with Crippen LogP contribution in [-0.2, 0) is 25.1 Å². The Bertz CT molecular complexity index is 1400. The predicted molar refractivity (Wildman–Crippen MR) is 110 cm³/mol. The van der Waals surface area contributed by atoms with Gasteiger partial charge in [0.1, 0.15) is 10.7 Å². The Hall–Kier alpha value is -3.82. The molecule has 17 heteroatoms. The molecule has 0 aliphatic carbocycles. The summed E-state index contributed by atoms with van der Waals surface area (Å²) in [6.45, 7) is -0.710. The molecule has 3 rings (SSSR count). The highest BCUT2D eigenvalue weighted by Crippen LogP contribution is 2.37. The lowest BCUT2D eigenvalue weighted by atomic mass is 10.1. The summed E-state index contributed by atoms with van der Waals surface area (Å²) in [5.41, 5.74) is -7.95. The number of nitrogens with one attached hydrogen (secondary N) is 1. The zero-order chi connectivity index (χ0) is 27.9. The second-order valence-electron chi connectivity index (χ2n) is 7.29. The van der Waals surface area contributed by atoms with Gasteiger partial charge >= 0.3 is 18.5 Å². The maximum absolute atomic E-state index is 13.4. The normalized spacial score (nSPS) is 12.5. The van der Waals surface area contributed by atoms with Gasteiger partial charge < -0.3 is 5.32 Å². The van der Waals surface area contributed by atoms with Crippen LogP contribution in [0.5, 0.6) is 0 Å². The van der Waals surface area contributed by atoms with E-state index in [0.29, 0.717) is 28.8 Å². The molecule has 198 valence electrons. The van der Waals surface area contributed by atoms with Crippen molar-refractivity contribution in [1.29, 1.82) is 0 Å². The van der Waals surface area contributed by atoms with Crippen molar-refractivity contribution in [1.82, 2.24) is 9.55 Å². The van der Waals surface area contributed by atoms with Gasteiger partial charge in [0.25, 0.3) is 11.2 Å². The van der Waals surface area contributed by atoms with Gasteiger partial charge in [-0.2, -0.15) is 39.5 Å². The van der Waals surface area contributed by atoms with Crippen LogP contribution >= 0.6 is 11.6 Å². The number of nitro groups is 1.